The summed E-state index contributed by atoms with van der Waals surface area (Å²) in [6.45, 7) is 0.724. The number of phenols is 1. The van der Waals surface area contributed by atoms with E-state index >= 15 is 0 Å². The van der Waals surface area contributed by atoms with Gasteiger partial charge < -0.3 is 25.8 Å². The number of aromatic hydroxyl groups is 1. The smallest absolute Gasteiger partial charge is 0.251 e. The van der Waals surface area contributed by atoms with Gasteiger partial charge in [0.1, 0.15) is 5.75 Å². The number of benzene rings is 3. The van der Waals surface area contributed by atoms with Crippen LogP contribution in [0.3, 0.4) is 0 Å². The number of nitrogens with zero attached hydrogens (tertiary/aromatic N) is 3. The summed E-state index contributed by atoms with van der Waals surface area (Å²) in [6, 6.07) is 11.8. The molecule has 0 spiro atoms. The van der Waals surface area contributed by atoms with Crippen LogP contribution in [0.25, 0.3) is 10.4 Å². The molecule has 5 rings (SSSR count). The van der Waals surface area contributed by atoms with Crippen LogP contribution in [-0.4, -0.2) is 42.0 Å². The van der Waals surface area contributed by atoms with Gasteiger partial charge in [-0.3, -0.25) is 14.4 Å². The minimum atomic E-state index is -0.394. The molecule has 0 saturated carbocycles. The largest absolute Gasteiger partial charge is 0.503 e. The summed E-state index contributed by atoms with van der Waals surface area (Å²) < 4.78 is 8.78. The van der Waals surface area contributed by atoms with E-state index in [-0.39, 0.29) is 47.7 Å². The van der Waals surface area contributed by atoms with E-state index < -0.39 is 6.04 Å². The van der Waals surface area contributed by atoms with Gasteiger partial charge in [-0.05, 0) is 140 Å². The zero-order valence-electron chi connectivity index (χ0n) is 24.4. The number of aryl methyl sites for hydroxylation is 1. The van der Waals surface area contributed by atoms with Crippen molar-refractivity contribution in [2.24, 2.45) is 5.11 Å². The summed E-state index contributed by atoms with van der Waals surface area (Å²) in [6.07, 6.45) is 3.05. The summed E-state index contributed by atoms with van der Waals surface area (Å²) in [4.78, 5) is 41.4. The molecule has 4 N–H and O–H groups in total. The maximum atomic E-state index is 13.0. The van der Waals surface area contributed by atoms with Crippen molar-refractivity contribution in [3.8, 4) is 17.2 Å². The number of hydrogen-bond donors (Lipinski definition) is 4. The molecule has 1 atom stereocenters. The number of halogens is 4. The van der Waals surface area contributed by atoms with Gasteiger partial charge in [0.25, 0.3) is 5.91 Å². The second kappa shape index (κ2) is 17.3. The molecule has 2 heterocycles. The molecule has 242 valence electrons. The highest BCUT2D eigenvalue weighted by atomic mass is 127. The number of hydrogen-bond acceptors (Lipinski definition) is 6. The maximum Gasteiger partial charge on any atom is 0.251 e. The average molecular weight is 933 g/mol. The number of rotatable bonds is 7. The van der Waals surface area contributed by atoms with E-state index in [1.165, 1.54) is 0 Å². The fourth-order valence-electron chi connectivity index (χ4n) is 4.86. The third-order valence-corrected chi connectivity index (χ3v) is 9.82. The molecule has 2 aliphatic rings. The quantitative estimate of drug-likeness (QED) is 0.0618. The molecule has 0 saturated heterocycles. The summed E-state index contributed by atoms with van der Waals surface area (Å²) >= 11 is 12.6. The van der Waals surface area contributed by atoms with Gasteiger partial charge in [-0.15, -0.1) is 0 Å². The number of fused-ring (bicyclic) bond motifs is 11. The lowest BCUT2D eigenvalue weighted by Crippen LogP contribution is -2.39. The van der Waals surface area contributed by atoms with E-state index in [9.17, 15) is 19.5 Å². The molecule has 46 heavy (non-hydrogen) atoms. The minimum absolute atomic E-state index is 0.0406. The third kappa shape index (κ3) is 10.3. The molecule has 4 bridgehead atoms. The topological polar surface area (TPSA) is 166 Å². The van der Waals surface area contributed by atoms with Gasteiger partial charge in [0.2, 0.25) is 11.8 Å². The van der Waals surface area contributed by atoms with E-state index in [4.69, 9.17) is 10.3 Å². The highest BCUT2D eigenvalue weighted by molar-refractivity contribution is 14.1. The standard InChI is InChI=1S/C31H30Br3IN6O5/c32-22-16-26-23(33)13-18(22)4-7-28(42)39-20(15-29(43)37-10-8-17-11-24(34)30(44)27(12-17)46-26)3-1-2-9-38-31(45)21-14-19(35)5-6-25(21)40-41-36/h5-6,11-14,16,20,44H,1-4,7-10,15H2,(H,37,43)(H,38,45)(H,39,42)/t20-/m0/s1. The molecule has 0 aliphatic carbocycles. The van der Waals surface area contributed by atoms with Gasteiger partial charge in [-0.1, -0.05) is 27.1 Å². The van der Waals surface area contributed by atoms with Crippen LogP contribution in [0.4, 0.5) is 5.69 Å². The molecule has 0 radical (unpaired) electrons. The zero-order chi connectivity index (χ0) is 33.2. The first-order valence-electron chi connectivity index (χ1n) is 14.4. The molecule has 3 aromatic carbocycles. The Balaban J connectivity index is 1.42. The highest BCUT2D eigenvalue weighted by Crippen LogP contribution is 2.41. The van der Waals surface area contributed by atoms with Crippen molar-refractivity contribution >= 4 is 93.8 Å². The number of ether oxygens (including phenoxy) is 1. The number of carbonyl (C=O) groups is 3. The first-order valence-corrected chi connectivity index (χ1v) is 17.9. The Morgan fingerprint density at radius 1 is 1.02 bits per heavy atom. The van der Waals surface area contributed by atoms with Gasteiger partial charge in [-0.2, -0.15) is 0 Å². The third-order valence-electron chi connectivity index (χ3n) is 7.18. The molecule has 3 amide bonds. The monoisotopic (exact) mass is 930 g/mol. The Labute approximate surface area is 304 Å². The molecular weight excluding hydrogens is 903 g/mol. The van der Waals surface area contributed by atoms with E-state index in [2.05, 4.69) is 96.4 Å². The fraction of sp³-hybridized carbons (Fsp3) is 0.323. The van der Waals surface area contributed by atoms with Crippen molar-refractivity contribution in [2.45, 2.75) is 51.0 Å². The van der Waals surface area contributed by atoms with Crippen molar-refractivity contribution in [3.05, 3.63) is 86.6 Å². The number of azide groups is 1. The Hall–Kier alpha value is -2.85. The van der Waals surface area contributed by atoms with Crippen LogP contribution in [0, 0.1) is 3.57 Å². The summed E-state index contributed by atoms with van der Waals surface area (Å²) in [5, 5.41) is 23.0. The summed E-state index contributed by atoms with van der Waals surface area (Å²) in [7, 11) is 0. The van der Waals surface area contributed by atoms with Crippen LogP contribution < -0.4 is 20.7 Å². The molecule has 3 aromatic rings. The van der Waals surface area contributed by atoms with Crippen LogP contribution in [-0.2, 0) is 22.4 Å². The number of amides is 3. The van der Waals surface area contributed by atoms with Gasteiger partial charge >= 0.3 is 0 Å². The van der Waals surface area contributed by atoms with Gasteiger partial charge in [0, 0.05) is 50.5 Å². The second-order valence-corrected chi connectivity index (χ2v) is 14.4. The van der Waals surface area contributed by atoms with Crippen molar-refractivity contribution in [2.75, 3.05) is 13.1 Å². The van der Waals surface area contributed by atoms with Gasteiger partial charge in [0.05, 0.1) is 14.6 Å². The number of nitrogens with one attached hydrogen (secondary N) is 3. The van der Waals surface area contributed by atoms with Crippen LogP contribution in [0.15, 0.2) is 61.0 Å². The second-order valence-electron chi connectivity index (χ2n) is 10.6. The molecule has 15 heteroatoms. The highest BCUT2D eigenvalue weighted by Gasteiger charge is 2.19. The summed E-state index contributed by atoms with van der Waals surface area (Å²) in [5.74, 6) is 0.00247. The van der Waals surface area contributed by atoms with E-state index in [0.717, 1.165) is 19.2 Å². The number of phenolic OH excluding ortho intramolecular Hbond substituents is 1. The zero-order valence-corrected chi connectivity index (χ0v) is 31.3. The normalized spacial score (nSPS) is 15.4. The van der Waals surface area contributed by atoms with Crippen LogP contribution in [0.2, 0.25) is 0 Å². The number of unbranched alkanes of at least 4 members (excludes halogenated alkanes) is 1. The predicted molar refractivity (Wildman–Crippen MR) is 193 cm³/mol. The molecule has 0 fully saturated rings. The Kier molecular flexibility index (Phi) is 13.6. The van der Waals surface area contributed by atoms with Crippen LogP contribution in [0.1, 0.15) is 53.6 Å². The van der Waals surface area contributed by atoms with Crippen molar-refractivity contribution in [1.82, 2.24) is 16.0 Å². The molecule has 2 aliphatic heterocycles. The van der Waals surface area contributed by atoms with E-state index in [1.54, 1.807) is 36.4 Å². The fourth-order valence-corrected chi connectivity index (χ4v) is 6.83. The Morgan fingerprint density at radius 3 is 2.61 bits per heavy atom. The summed E-state index contributed by atoms with van der Waals surface area (Å²) in [5.41, 5.74) is 11.1. The van der Waals surface area contributed by atoms with Crippen molar-refractivity contribution in [3.63, 3.8) is 0 Å². The van der Waals surface area contributed by atoms with Crippen molar-refractivity contribution in [1.29, 1.82) is 0 Å². The molecule has 11 nitrogen and oxygen atoms in total. The van der Waals surface area contributed by atoms with E-state index in [1.807, 2.05) is 6.07 Å². The first-order chi connectivity index (χ1) is 22.0. The minimum Gasteiger partial charge on any atom is -0.503 e. The van der Waals surface area contributed by atoms with Gasteiger partial charge in [-0.25, -0.2) is 0 Å². The Morgan fingerprint density at radius 2 is 1.83 bits per heavy atom. The van der Waals surface area contributed by atoms with Crippen LogP contribution >= 0.6 is 70.4 Å². The molecular formula is C31H30Br3IN6O5. The van der Waals surface area contributed by atoms with Gasteiger partial charge in [0.15, 0.2) is 11.5 Å². The number of carbonyl (C=O) groups excluding carboxylic acids is 3. The lowest BCUT2D eigenvalue weighted by Gasteiger charge is -2.20. The lowest BCUT2D eigenvalue weighted by molar-refractivity contribution is -0.123. The molecule has 0 unspecified atom stereocenters. The average Bonchev–Trinajstić information content (AvgIpc) is 3.00. The molecule has 0 aromatic heterocycles. The van der Waals surface area contributed by atoms with Crippen LogP contribution in [0.5, 0.6) is 17.2 Å². The maximum absolute atomic E-state index is 13.0. The SMILES string of the molecule is [N-]=[N+]=Nc1ccc(I)cc1C(=O)NCCCC[C@H]1CC(=O)NCCc2cc(Br)c(O)c(c2)Oc2cc(Br)c(cc2Br)CCC(=O)N1. The first kappa shape index (κ1) is 36.0. The lowest BCUT2D eigenvalue weighted by atomic mass is 10.0. The van der Waals surface area contributed by atoms with Crippen molar-refractivity contribution < 1.29 is 24.2 Å². The van der Waals surface area contributed by atoms with E-state index in [0.29, 0.717) is 65.5 Å². The predicted octanol–water partition coefficient (Wildman–Crippen LogP) is 8.10. The Bertz CT molecular complexity index is 1680.